The molecule has 0 aromatic heterocycles. The molecule has 1 saturated carbocycles. The second-order valence-corrected chi connectivity index (χ2v) is 19.9. The summed E-state index contributed by atoms with van der Waals surface area (Å²) in [5.74, 6) is -4.99. The van der Waals surface area contributed by atoms with Crippen LogP contribution >= 0.6 is 7.82 Å². The smallest absolute Gasteiger partial charge is 0.462 e. The number of Topliss-reactive ketones (excluding diaryl/α,β-unsaturated/α-hetero) is 1. The lowest BCUT2D eigenvalue weighted by Gasteiger charge is -2.37. The highest BCUT2D eigenvalue weighted by atomic mass is 31.2. The maximum Gasteiger partial charge on any atom is 0.472 e. The van der Waals surface area contributed by atoms with Gasteiger partial charge >= 0.3 is 19.8 Å². The number of aliphatic hydroxyl groups excluding tert-OH is 7. The highest BCUT2D eigenvalue weighted by molar-refractivity contribution is 7.47. The second-order valence-electron chi connectivity index (χ2n) is 18.5. The molecular weight excluding hydrogens is 875 g/mol. The molecule has 2 bridgehead atoms. The minimum atomic E-state index is -5.45. The zero-order valence-electron chi connectivity index (χ0n) is 40.0. The van der Waals surface area contributed by atoms with Crippen molar-refractivity contribution in [2.45, 2.75) is 242 Å². The Labute approximate surface area is 394 Å². The molecule has 8 N–H and O–H groups in total. The van der Waals surface area contributed by atoms with E-state index < -0.39 is 112 Å². The zero-order valence-corrected chi connectivity index (χ0v) is 40.9. The largest absolute Gasteiger partial charge is 0.472 e. The molecule has 0 amide bonds. The summed E-state index contributed by atoms with van der Waals surface area (Å²) in [7, 11) is -5.45. The van der Waals surface area contributed by atoms with E-state index in [1.165, 1.54) is 44.6 Å². The molecule has 1 heterocycles. The first-order chi connectivity index (χ1) is 31.6. The summed E-state index contributed by atoms with van der Waals surface area (Å²) >= 11 is 0. The van der Waals surface area contributed by atoms with Gasteiger partial charge in [0.1, 0.15) is 36.8 Å². The molecule has 12 atom stereocenters. The van der Waals surface area contributed by atoms with Gasteiger partial charge < -0.3 is 50.1 Å². The third kappa shape index (κ3) is 25.0. The van der Waals surface area contributed by atoms with Crippen molar-refractivity contribution in [3.05, 3.63) is 24.3 Å². The molecule has 66 heavy (non-hydrogen) atoms. The lowest BCUT2D eigenvalue weighted by atomic mass is 9.82. The van der Waals surface area contributed by atoms with Crippen molar-refractivity contribution in [3.8, 4) is 0 Å². The number of carbonyl (C=O) groups is 3. The monoisotopic (exact) mass is 963 g/mol. The first-order valence-electron chi connectivity index (χ1n) is 25.2. The van der Waals surface area contributed by atoms with E-state index in [2.05, 4.69) is 19.1 Å². The number of phosphoric ester groups is 1. The minimum Gasteiger partial charge on any atom is -0.462 e. The molecule has 0 spiro atoms. The van der Waals surface area contributed by atoms with E-state index in [0.717, 1.165) is 70.3 Å². The number of ether oxygens (including phenoxy) is 2. The van der Waals surface area contributed by atoms with Gasteiger partial charge in [-0.1, -0.05) is 141 Å². The number of aliphatic hydroxyl groups is 7. The number of cyclic esters (lactones) is 1. The van der Waals surface area contributed by atoms with Crippen molar-refractivity contribution in [3.63, 3.8) is 0 Å². The van der Waals surface area contributed by atoms with Crippen LogP contribution < -0.4 is 0 Å². The molecule has 2 fully saturated rings. The van der Waals surface area contributed by atoms with Crippen LogP contribution in [0.4, 0.5) is 0 Å². The first kappa shape index (κ1) is 60.0. The van der Waals surface area contributed by atoms with Gasteiger partial charge in [-0.15, -0.1) is 0 Å². The summed E-state index contributed by atoms with van der Waals surface area (Å²) in [6, 6.07) is 0. The fourth-order valence-electron chi connectivity index (χ4n) is 8.50. The van der Waals surface area contributed by atoms with Crippen LogP contribution in [0.2, 0.25) is 0 Å². The normalized spacial score (nSPS) is 31.0. The summed E-state index contributed by atoms with van der Waals surface area (Å²) in [6.07, 6.45) is 9.91. The molecule has 16 nitrogen and oxygen atoms in total. The van der Waals surface area contributed by atoms with Crippen LogP contribution in [-0.2, 0) is 37.5 Å². The van der Waals surface area contributed by atoms with Gasteiger partial charge in [-0.05, 0) is 51.4 Å². The summed E-state index contributed by atoms with van der Waals surface area (Å²) in [5, 5.41) is 78.7. The Morgan fingerprint density at radius 2 is 1.30 bits per heavy atom. The average molecular weight is 963 g/mol. The van der Waals surface area contributed by atoms with E-state index in [9.17, 15) is 59.6 Å². The van der Waals surface area contributed by atoms with Gasteiger partial charge in [0.05, 0.1) is 36.9 Å². The summed E-state index contributed by atoms with van der Waals surface area (Å²) < 4.78 is 34.8. The molecular formula is C49H87O16P. The summed E-state index contributed by atoms with van der Waals surface area (Å²) in [5.41, 5.74) is 0. The molecule has 1 aliphatic heterocycles. The maximum absolute atomic E-state index is 13.7. The Morgan fingerprint density at radius 1 is 0.727 bits per heavy atom. The van der Waals surface area contributed by atoms with Gasteiger partial charge in [0, 0.05) is 25.2 Å². The molecule has 1 unspecified atom stereocenters. The predicted molar refractivity (Wildman–Crippen MR) is 250 cm³/mol. The van der Waals surface area contributed by atoms with Gasteiger partial charge in [-0.2, -0.15) is 0 Å². The molecule has 384 valence electrons. The van der Waals surface area contributed by atoms with Crippen molar-refractivity contribution in [1.82, 2.24) is 0 Å². The minimum absolute atomic E-state index is 0.00271. The van der Waals surface area contributed by atoms with Gasteiger partial charge in [-0.25, -0.2) is 4.57 Å². The van der Waals surface area contributed by atoms with E-state index in [0.29, 0.717) is 44.9 Å². The predicted octanol–water partition coefficient (Wildman–Crippen LogP) is 6.98. The molecule has 2 rings (SSSR count). The van der Waals surface area contributed by atoms with E-state index >= 15 is 0 Å². The van der Waals surface area contributed by atoms with Crippen LogP contribution in [0.1, 0.15) is 187 Å². The van der Waals surface area contributed by atoms with Crippen molar-refractivity contribution in [2.24, 2.45) is 11.8 Å². The van der Waals surface area contributed by atoms with Gasteiger partial charge in [0.25, 0.3) is 0 Å². The summed E-state index contributed by atoms with van der Waals surface area (Å²) in [4.78, 5) is 50.3. The molecule has 1 saturated heterocycles. The number of esters is 2. The molecule has 1 aliphatic carbocycles. The van der Waals surface area contributed by atoms with Gasteiger partial charge in [-0.3, -0.25) is 23.4 Å². The number of hydrogen-bond acceptors (Lipinski definition) is 15. The van der Waals surface area contributed by atoms with Crippen molar-refractivity contribution in [1.29, 1.82) is 0 Å². The number of rotatable bonds is 24. The molecule has 0 aromatic carbocycles. The zero-order chi connectivity index (χ0) is 48.7. The number of unbranched alkanes of at least 4 members (excludes halogenated alkanes) is 15. The van der Waals surface area contributed by atoms with Crippen LogP contribution in [0.15, 0.2) is 24.3 Å². The lowest BCUT2D eigenvalue weighted by molar-refractivity contribution is -0.167. The van der Waals surface area contributed by atoms with E-state index in [1.54, 1.807) is 0 Å². The Kier molecular flexibility index (Phi) is 31.9. The first-order valence-corrected chi connectivity index (χ1v) is 26.7. The molecule has 0 radical (unpaired) electrons. The van der Waals surface area contributed by atoms with Crippen LogP contribution in [0.3, 0.4) is 0 Å². The van der Waals surface area contributed by atoms with E-state index in [1.807, 2.05) is 6.92 Å². The lowest BCUT2D eigenvalue weighted by Crippen LogP contribution is -2.55. The van der Waals surface area contributed by atoms with E-state index in [-0.39, 0.29) is 19.3 Å². The van der Waals surface area contributed by atoms with Crippen molar-refractivity contribution >= 4 is 25.5 Å². The third-order valence-electron chi connectivity index (χ3n) is 12.7. The Balaban J connectivity index is 2.13. The summed E-state index contributed by atoms with van der Waals surface area (Å²) in [6.45, 7) is 2.83. The SMILES string of the molecule is CCCCCCCC/C=C\CCCCCCCCCC(=O)O[C@@H]1COC(=O)CCCCCC[C@@H]2[C@@H](O)[C@H](O)[C@@H](O)[C@H](OP(=O)(O)OC1)[C@H](O)[C@H](O)[C@@H](/C=C/[C@@H](O)CCCCC)C(=O)C[C@@H]2O. The number of phosphoric acid groups is 1. The fourth-order valence-corrected chi connectivity index (χ4v) is 9.48. The van der Waals surface area contributed by atoms with Crippen LogP contribution in [0.25, 0.3) is 0 Å². The number of hydrogen-bond donors (Lipinski definition) is 8. The van der Waals surface area contributed by atoms with Crippen LogP contribution in [0.5, 0.6) is 0 Å². The van der Waals surface area contributed by atoms with Gasteiger partial charge in [0.2, 0.25) is 0 Å². The highest BCUT2D eigenvalue weighted by Crippen LogP contribution is 2.47. The van der Waals surface area contributed by atoms with Crippen LogP contribution in [0, 0.1) is 11.8 Å². The molecule has 2 aliphatic rings. The van der Waals surface area contributed by atoms with E-state index in [4.69, 9.17) is 18.5 Å². The second kappa shape index (κ2) is 35.1. The van der Waals surface area contributed by atoms with Crippen molar-refractivity contribution < 1.29 is 78.1 Å². The Morgan fingerprint density at radius 3 is 1.95 bits per heavy atom. The Hall–Kier alpha value is -2.08. The van der Waals surface area contributed by atoms with Crippen LogP contribution in [-0.4, -0.2) is 127 Å². The van der Waals surface area contributed by atoms with Gasteiger partial charge in [0.15, 0.2) is 6.10 Å². The average Bonchev–Trinajstić information content (AvgIpc) is 3.28. The third-order valence-corrected chi connectivity index (χ3v) is 13.7. The number of fused-ring (bicyclic) bond motifs is 4. The highest BCUT2D eigenvalue weighted by Gasteiger charge is 2.49. The molecule has 17 heteroatoms. The number of allylic oxidation sites excluding steroid dienone is 2. The number of carbonyl (C=O) groups excluding carboxylic acids is 3. The maximum atomic E-state index is 13.7. The quantitative estimate of drug-likeness (QED) is 0.0210. The standard InChI is InChI=1S/C49H87O16P/c1-3-5-7-8-9-10-11-12-13-14-15-16-17-18-19-20-26-30-43(54)64-37-34-62-42(53)29-25-22-21-24-28-38-40(51)33-41(52)39(32-31-36(50)27-23-6-4-2)45(56)47(58)49(48(59)46(57)44(38)55)65-66(60,61)63-35-37/h12-13,31-32,36-40,44-51,55-59H,3-11,14-30,33-35H2,1-2H3,(H,60,61)/b13-12-,32-31+/t36-,37+,38-,39-,40-,44+,45+,46-,47+,48+,49+/m0/s1. The molecule has 0 aromatic rings. The Bertz CT molecular complexity index is 1430. The number of ketones is 1. The van der Waals surface area contributed by atoms with Crippen molar-refractivity contribution in [2.75, 3.05) is 13.2 Å². The topological polar surface area (TPSA) is 267 Å². The fraction of sp³-hybridized carbons (Fsp3) is 0.857.